The van der Waals surface area contributed by atoms with E-state index < -0.39 is 5.66 Å². The molecule has 2 aliphatic carbocycles. The van der Waals surface area contributed by atoms with E-state index in [1.807, 2.05) is 24.8 Å². The van der Waals surface area contributed by atoms with Crippen molar-refractivity contribution in [3.05, 3.63) is 130 Å². The van der Waals surface area contributed by atoms with Gasteiger partial charge in [-0.15, -0.1) is 9.13 Å². The molecule has 42 heavy (non-hydrogen) atoms. The Bertz CT molecular complexity index is 2260. The van der Waals surface area contributed by atoms with Crippen LogP contribution in [0.3, 0.4) is 0 Å². The van der Waals surface area contributed by atoms with E-state index in [1.54, 1.807) is 0 Å². The van der Waals surface area contributed by atoms with E-state index in [2.05, 4.69) is 80.0 Å². The molecular weight excluding hydrogens is 524 g/mol. The van der Waals surface area contributed by atoms with Gasteiger partial charge in [-0.1, -0.05) is 0 Å². The molecule has 9 heterocycles. The number of nitrogens with zero attached hydrogens (tertiary/aromatic N) is 4. The van der Waals surface area contributed by atoms with E-state index in [9.17, 15) is 0 Å². The minimum Gasteiger partial charge on any atom is -0.456 e. The van der Waals surface area contributed by atoms with Crippen molar-refractivity contribution in [1.82, 2.24) is 9.97 Å². The number of aromatic nitrogens is 4. The van der Waals surface area contributed by atoms with E-state index >= 15 is 0 Å². The molecule has 0 bridgehead atoms. The Balaban J connectivity index is 1.32. The van der Waals surface area contributed by atoms with Crippen LogP contribution in [-0.4, -0.2) is 9.97 Å². The minimum atomic E-state index is -0.754. The number of benzene rings is 2. The van der Waals surface area contributed by atoms with Crippen LogP contribution in [0.2, 0.25) is 0 Å². The third-order valence-corrected chi connectivity index (χ3v) is 10.6. The summed E-state index contributed by atoms with van der Waals surface area (Å²) in [6.45, 7) is 0. The van der Waals surface area contributed by atoms with E-state index in [0.29, 0.717) is 0 Å². The first kappa shape index (κ1) is 19.5. The predicted molar refractivity (Wildman–Crippen MR) is 146 cm³/mol. The van der Waals surface area contributed by atoms with Gasteiger partial charge in [0.25, 0.3) is 0 Å². The van der Waals surface area contributed by atoms with E-state index in [0.717, 1.165) is 56.8 Å². The second kappa shape index (κ2) is 5.76. The zero-order valence-corrected chi connectivity index (χ0v) is 21.8. The highest BCUT2D eigenvalue weighted by Crippen LogP contribution is 2.67. The van der Waals surface area contributed by atoms with Gasteiger partial charge in [0.2, 0.25) is 11.4 Å². The van der Waals surface area contributed by atoms with Crippen LogP contribution >= 0.6 is 0 Å². The van der Waals surface area contributed by atoms with Crippen LogP contribution in [0.4, 0.5) is 0 Å². The molecule has 7 aliphatic rings. The normalized spacial score (nSPS) is 22.5. The fourth-order valence-electron chi connectivity index (χ4n) is 9.46. The average molecular weight is 541 g/mol. The molecule has 2 unspecified atom stereocenters. The highest BCUT2D eigenvalue weighted by Gasteiger charge is 2.73. The van der Waals surface area contributed by atoms with Crippen LogP contribution in [-0.2, 0) is 5.66 Å². The van der Waals surface area contributed by atoms with Gasteiger partial charge >= 0.3 is 5.66 Å². The summed E-state index contributed by atoms with van der Waals surface area (Å²) in [6.07, 6.45) is 12.2. The summed E-state index contributed by atoms with van der Waals surface area (Å²) in [5.74, 6) is 5.18. The second-order valence-electron chi connectivity index (χ2n) is 12.1. The number of hydrogen-bond acceptors (Lipinski definition) is 5. The van der Waals surface area contributed by atoms with Gasteiger partial charge in [-0.05, 0) is 36.4 Å². The van der Waals surface area contributed by atoms with E-state index in [-0.39, 0.29) is 11.8 Å². The SMILES string of the molecule is c1cc2c3[n+](c1)C14c5c(ccc6c5C3c3c(cncc3-2)O6)Oc2ccc3c(c21)C1c2c(cncc2-c2ccc[n+]4c21)O3. The van der Waals surface area contributed by atoms with Crippen molar-refractivity contribution in [3.8, 4) is 56.8 Å². The standard InChI is InChI=1S/C35H16N4O3/c1-3-15-17-11-36-13-23-25(17)29-27-19(40-23)5-7-21-31(27)35(38(9-1)33(15)29)32-22(42-21)8-6-20-28(32)30-26-18(12-37-14-24(26)41-20)16-4-2-10-39(35)34(16)30/h1-14,29-30H/q+2. The number of ether oxygens (including phenoxy) is 3. The Kier molecular flexibility index (Phi) is 2.67. The monoisotopic (exact) mass is 540 g/mol. The number of pyridine rings is 4. The van der Waals surface area contributed by atoms with E-state index in [4.69, 9.17) is 14.2 Å². The maximum Gasteiger partial charge on any atom is 0.423 e. The third kappa shape index (κ3) is 1.66. The third-order valence-electron chi connectivity index (χ3n) is 10.6. The van der Waals surface area contributed by atoms with Gasteiger partial charge in [0.15, 0.2) is 35.0 Å². The summed E-state index contributed by atoms with van der Waals surface area (Å²) in [7, 11) is 0. The van der Waals surface area contributed by atoms with Crippen molar-refractivity contribution >= 4 is 0 Å². The largest absolute Gasteiger partial charge is 0.456 e. The van der Waals surface area contributed by atoms with Crippen LogP contribution in [0.1, 0.15) is 56.6 Å². The van der Waals surface area contributed by atoms with Crippen LogP contribution in [0.5, 0.6) is 34.5 Å². The molecule has 1 spiro atoms. The Labute approximate surface area is 237 Å². The lowest BCUT2D eigenvalue weighted by molar-refractivity contribution is -0.979. The molecule has 2 atom stereocenters. The smallest absolute Gasteiger partial charge is 0.423 e. The fourth-order valence-corrected chi connectivity index (χ4v) is 9.46. The summed E-state index contributed by atoms with van der Waals surface area (Å²) in [6, 6.07) is 17.1. The maximum absolute atomic E-state index is 6.88. The van der Waals surface area contributed by atoms with Crippen LogP contribution in [0, 0.1) is 0 Å². The molecule has 13 rings (SSSR count). The summed E-state index contributed by atoms with van der Waals surface area (Å²) >= 11 is 0. The highest BCUT2D eigenvalue weighted by molar-refractivity contribution is 5.87. The second-order valence-corrected chi connectivity index (χ2v) is 12.1. The lowest BCUT2D eigenvalue weighted by Gasteiger charge is -2.43. The van der Waals surface area contributed by atoms with Gasteiger partial charge in [-0.25, -0.2) is 0 Å². The van der Waals surface area contributed by atoms with Gasteiger partial charge < -0.3 is 14.2 Å². The number of hydrogen-bond donors (Lipinski definition) is 0. The zero-order valence-electron chi connectivity index (χ0n) is 21.8. The van der Waals surface area contributed by atoms with Crippen LogP contribution in [0.25, 0.3) is 22.3 Å². The molecule has 192 valence electrons. The van der Waals surface area contributed by atoms with Gasteiger partial charge in [0, 0.05) is 57.9 Å². The fraction of sp³-hybridized carbons (Fsp3) is 0.0857. The van der Waals surface area contributed by atoms with Gasteiger partial charge in [0.05, 0.1) is 23.5 Å². The van der Waals surface area contributed by atoms with Crippen LogP contribution in [0.15, 0.2) is 85.7 Å². The van der Waals surface area contributed by atoms with Gasteiger partial charge in [-0.2, -0.15) is 0 Å². The quantitative estimate of drug-likeness (QED) is 0.234. The molecule has 7 heteroatoms. The Hall–Kier alpha value is -5.56. The maximum atomic E-state index is 6.88. The van der Waals surface area contributed by atoms with Crippen molar-refractivity contribution in [2.24, 2.45) is 0 Å². The summed E-state index contributed by atoms with van der Waals surface area (Å²) in [5.41, 5.74) is 13.5. The van der Waals surface area contributed by atoms with Gasteiger partial charge in [-0.3, -0.25) is 9.97 Å². The average Bonchev–Trinajstić information content (AvgIpc) is 3.56. The molecule has 0 radical (unpaired) electrons. The highest BCUT2D eigenvalue weighted by atomic mass is 16.5. The van der Waals surface area contributed by atoms with Gasteiger partial charge in [0.1, 0.15) is 34.8 Å². The minimum absolute atomic E-state index is 0.0301. The van der Waals surface area contributed by atoms with Crippen molar-refractivity contribution in [1.29, 1.82) is 0 Å². The molecule has 0 N–H and O–H groups in total. The molecular formula is C35H16N4O3+2. The lowest BCUT2D eigenvalue weighted by atomic mass is 9.68. The van der Waals surface area contributed by atoms with Crippen LogP contribution < -0.4 is 23.3 Å². The molecule has 0 fully saturated rings. The molecule has 4 aromatic heterocycles. The summed E-state index contributed by atoms with van der Waals surface area (Å²) < 4.78 is 25.3. The van der Waals surface area contributed by atoms with E-state index in [1.165, 1.54) is 44.8 Å². The number of rotatable bonds is 0. The molecule has 2 aromatic carbocycles. The molecule has 5 aliphatic heterocycles. The first-order valence-electron chi connectivity index (χ1n) is 14.3. The Morgan fingerprint density at radius 1 is 0.500 bits per heavy atom. The van der Waals surface area contributed by atoms with Crippen molar-refractivity contribution in [2.45, 2.75) is 17.5 Å². The van der Waals surface area contributed by atoms with Crippen molar-refractivity contribution in [3.63, 3.8) is 0 Å². The zero-order chi connectivity index (χ0) is 26.6. The Morgan fingerprint density at radius 2 is 0.976 bits per heavy atom. The molecule has 6 aromatic rings. The number of fused-ring (bicyclic) bond motifs is 2. The lowest BCUT2D eigenvalue weighted by Crippen LogP contribution is -2.80. The molecule has 7 nitrogen and oxygen atoms in total. The Morgan fingerprint density at radius 3 is 1.50 bits per heavy atom. The summed E-state index contributed by atoms with van der Waals surface area (Å²) in [4.78, 5) is 9.20. The first-order valence-corrected chi connectivity index (χ1v) is 14.3. The predicted octanol–water partition coefficient (Wildman–Crippen LogP) is 5.61. The summed E-state index contributed by atoms with van der Waals surface area (Å²) in [5, 5.41) is 0. The van der Waals surface area contributed by atoms with Crippen molar-refractivity contribution < 1.29 is 23.3 Å². The first-order chi connectivity index (χ1) is 20.8. The van der Waals surface area contributed by atoms with Crippen molar-refractivity contribution in [2.75, 3.05) is 0 Å². The molecule has 0 amide bonds. The molecule has 0 saturated heterocycles. The molecule has 0 saturated carbocycles. The topological polar surface area (TPSA) is 61.2 Å².